The molecular weight excluding hydrogens is 316 g/mol. The van der Waals surface area contributed by atoms with Crippen molar-refractivity contribution in [1.82, 2.24) is 0 Å². The third-order valence-corrected chi connectivity index (χ3v) is 7.72. The van der Waals surface area contributed by atoms with Crippen LogP contribution in [0.25, 0.3) is 0 Å². The molecule has 0 spiro atoms. The summed E-state index contributed by atoms with van der Waals surface area (Å²) in [7, 11) is 0. The Bertz CT molecular complexity index is 355. The SMILES string of the molecule is CCCCCC(CCC(C)C)C1(CCCC2CCCC(CCO)C2)CC1. The molecule has 26 heavy (non-hydrogen) atoms. The van der Waals surface area contributed by atoms with Gasteiger partial charge in [0.05, 0.1) is 0 Å². The molecule has 2 aliphatic rings. The van der Waals surface area contributed by atoms with E-state index in [4.69, 9.17) is 0 Å². The van der Waals surface area contributed by atoms with E-state index in [1.165, 1.54) is 96.3 Å². The minimum absolute atomic E-state index is 0.399. The average molecular weight is 365 g/mol. The maximum atomic E-state index is 9.23. The Morgan fingerprint density at radius 1 is 0.923 bits per heavy atom. The minimum atomic E-state index is 0.399. The second kappa shape index (κ2) is 11.7. The molecule has 0 radical (unpaired) electrons. The summed E-state index contributed by atoms with van der Waals surface area (Å²) in [6, 6.07) is 0. The molecule has 0 aliphatic heterocycles. The Labute approximate surface area is 164 Å². The Hall–Kier alpha value is -0.0400. The molecule has 0 aromatic carbocycles. The molecule has 0 aromatic rings. The molecule has 0 saturated heterocycles. The van der Waals surface area contributed by atoms with Gasteiger partial charge in [-0.05, 0) is 74.0 Å². The van der Waals surface area contributed by atoms with E-state index in [9.17, 15) is 5.11 Å². The van der Waals surface area contributed by atoms with Crippen molar-refractivity contribution in [2.24, 2.45) is 29.1 Å². The van der Waals surface area contributed by atoms with Crippen molar-refractivity contribution >= 4 is 0 Å². The van der Waals surface area contributed by atoms with Crippen LogP contribution >= 0.6 is 0 Å². The highest BCUT2D eigenvalue weighted by atomic mass is 16.3. The number of aliphatic hydroxyl groups excluding tert-OH is 1. The quantitative estimate of drug-likeness (QED) is 0.312. The summed E-state index contributed by atoms with van der Waals surface area (Å²) in [5.41, 5.74) is 0.752. The van der Waals surface area contributed by atoms with Crippen LogP contribution in [0.2, 0.25) is 0 Å². The molecule has 1 heteroatoms. The lowest BCUT2D eigenvalue weighted by Gasteiger charge is -2.31. The fraction of sp³-hybridized carbons (Fsp3) is 1.00. The standard InChI is InChI=1S/C25H48O/c1-4-5-6-12-24(14-13-21(2)3)25(17-18-25)16-8-11-22-9-7-10-23(20-22)15-19-26/h21-24,26H,4-20H2,1-3H3. The van der Waals surface area contributed by atoms with Crippen LogP contribution in [0.15, 0.2) is 0 Å². The Morgan fingerprint density at radius 2 is 1.65 bits per heavy atom. The first-order valence-corrected chi connectivity index (χ1v) is 12.2. The molecule has 1 N–H and O–H groups in total. The lowest BCUT2D eigenvalue weighted by Crippen LogP contribution is -2.19. The highest BCUT2D eigenvalue weighted by Gasteiger charge is 2.47. The van der Waals surface area contributed by atoms with Crippen LogP contribution in [-0.2, 0) is 0 Å². The summed E-state index contributed by atoms with van der Waals surface area (Å²) in [4.78, 5) is 0. The van der Waals surface area contributed by atoms with Gasteiger partial charge in [0.25, 0.3) is 0 Å². The van der Waals surface area contributed by atoms with Crippen LogP contribution in [0.4, 0.5) is 0 Å². The van der Waals surface area contributed by atoms with E-state index in [0.717, 1.165) is 35.5 Å². The fourth-order valence-corrected chi connectivity index (χ4v) is 5.81. The number of hydrogen-bond donors (Lipinski definition) is 1. The van der Waals surface area contributed by atoms with Crippen LogP contribution in [0.1, 0.15) is 124 Å². The van der Waals surface area contributed by atoms with Crippen molar-refractivity contribution < 1.29 is 5.11 Å². The van der Waals surface area contributed by atoms with Crippen LogP contribution in [0, 0.1) is 29.1 Å². The number of hydrogen-bond acceptors (Lipinski definition) is 1. The molecule has 2 fully saturated rings. The zero-order valence-electron chi connectivity index (χ0n) is 18.3. The van der Waals surface area contributed by atoms with E-state index >= 15 is 0 Å². The second-order valence-corrected chi connectivity index (χ2v) is 10.3. The molecule has 0 heterocycles. The summed E-state index contributed by atoms with van der Waals surface area (Å²) in [5, 5.41) is 9.23. The molecule has 0 aromatic heterocycles. The first-order chi connectivity index (χ1) is 12.6. The van der Waals surface area contributed by atoms with Crippen molar-refractivity contribution in [3.05, 3.63) is 0 Å². The smallest absolute Gasteiger partial charge is 0.0433 e. The van der Waals surface area contributed by atoms with E-state index < -0.39 is 0 Å². The van der Waals surface area contributed by atoms with Crippen molar-refractivity contribution in [3.8, 4) is 0 Å². The van der Waals surface area contributed by atoms with Crippen molar-refractivity contribution in [3.63, 3.8) is 0 Å². The van der Waals surface area contributed by atoms with E-state index in [1.54, 1.807) is 0 Å². The molecule has 3 atom stereocenters. The van der Waals surface area contributed by atoms with Gasteiger partial charge < -0.3 is 5.11 Å². The number of rotatable bonds is 14. The predicted molar refractivity (Wildman–Crippen MR) is 114 cm³/mol. The molecule has 2 aliphatic carbocycles. The van der Waals surface area contributed by atoms with Gasteiger partial charge in [-0.15, -0.1) is 0 Å². The first kappa shape index (κ1) is 22.3. The van der Waals surface area contributed by atoms with Crippen LogP contribution in [0.3, 0.4) is 0 Å². The molecule has 154 valence electrons. The highest BCUT2D eigenvalue weighted by molar-refractivity contribution is 4.98. The van der Waals surface area contributed by atoms with E-state index in [1.807, 2.05) is 0 Å². The van der Waals surface area contributed by atoms with E-state index in [0.29, 0.717) is 6.61 Å². The Morgan fingerprint density at radius 3 is 2.27 bits per heavy atom. The van der Waals surface area contributed by atoms with E-state index in [2.05, 4.69) is 20.8 Å². The zero-order valence-corrected chi connectivity index (χ0v) is 18.3. The molecule has 2 saturated carbocycles. The topological polar surface area (TPSA) is 20.2 Å². The molecule has 0 bridgehead atoms. The fourth-order valence-electron chi connectivity index (χ4n) is 5.81. The van der Waals surface area contributed by atoms with Gasteiger partial charge in [-0.25, -0.2) is 0 Å². The van der Waals surface area contributed by atoms with Crippen molar-refractivity contribution in [2.45, 2.75) is 124 Å². The van der Waals surface area contributed by atoms with Crippen molar-refractivity contribution in [1.29, 1.82) is 0 Å². The average Bonchev–Trinajstić information content (AvgIpc) is 3.39. The summed E-state index contributed by atoms with van der Waals surface area (Å²) in [6.07, 6.45) is 22.9. The van der Waals surface area contributed by atoms with E-state index in [-0.39, 0.29) is 0 Å². The maximum absolute atomic E-state index is 9.23. The predicted octanol–water partition coefficient (Wildman–Crippen LogP) is 7.76. The van der Waals surface area contributed by atoms with Gasteiger partial charge in [-0.1, -0.05) is 78.6 Å². The number of unbranched alkanes of at least 4 members (excludes halogenated alkanes) is 2. The lowest BCUT2D eigenvalue weighted by atomic mass is 9.75. The molecule has 2 rings (SSSR count). The van der Waals surface area contributed by atoms with Crippen LogP contribution in [-0.4, -0.2) is 11.7 Å². The van der Waals surface area contributed by atoms with Gasteiger partial charge in [0.1, 0.15) is 0 Å². The maximum Gasteiger partial charge on any atom is 0.0433 e. The molecule has 1 nitrogen and oxygen atoms in total. The summed E-state index contributed by atoms with van der Waals surface area (Å²) in [6.45, 7) is 7.53. The molecule has 3 unspecified atom stereocenters. The van der Waals surface area contributed by atoms with Crippen LogP contribution < -0.4 is 0 Å². The number of aliphatic hydroxyl groups is 1. The summed E-state index contributed by atoms with van der Waals surface area (Å²) < 4.78 is 0. The summed E-state index contributed by atoms with van der Waals surface area (Å²) in [5.74, 6) is 3.67. The van der Waals surface area contributed by atoms with Gasteiger partial charge in [-0.2, -0.15) is 0 Å². The third-order valence-electron chi connectivity index (χ3n) is 7.72. The minimum Gasteiger partial charge on any atom is -0.396 e. The monoisotopic (exact) mass is 364 g/mol. The largest absolute Gasteiger partial charge is 0.396 e. The normalized spacial score (nSPS) is 26.2. The highest BCUT2D eigenvalue weighted by Crippen LogP contribution is 2.59. The lowest BCUT2D eigenvalue weighted by molar-refractivity contribution is 0.184. The molecule has 0 amide bonds. The third kappa shape index (κ3) is 7.53. The first-order valence-electron chi connectivity index (χ1n) is 12.2. The van der Waals surface area contributed by atoms with Gasteiger partial charge in [0, 0.05) is 6.61 Å². The van der Waals surface area contributed by atoms with Gasteiger partial charge in [0.15, 0.2) is 0 Å². The van der Waals surface area contributed by atoms with Gasteiger partial charge in [0.2, 0.25) is 0 Å². The Balaban J connectivity index is 1.75. The molecular formula is C25H48O. The van der Waals surface area contributed by atoms with Crippen LogP contribution in [0.5, 0.6) is 0 Å². The van der Waals surface area contributed by atoms with Crippen molar-refractivity contribution in [2.75, 3.05) is 6.61 Å². The zero-order chi connectivity index (χ0) is 18.8. The Kier molecular flexibility index (Phi) is 10.0. The van der Waals surface area contributed by atoms with Gasteiger partial charge in [-0.3, -0.25) is 0 Å². The van der Waals surface area contributed by atoms with Gasteiger partial charge >= 0.3 is 0 Å². The second-order valence-electron chi connectivity index (χ2n) is 10.3. The summed E-state index contributed by atoms with van der Waals surface area (Å²) >= 11 is 0.